The molecule has 0 saturated carbocycles. The molecule has 0 heterocycles. The lowest BCUT2D eigenvalue weighted by Gasteiger charge is -1.91. The molecule has 1 unspecified atom stereocenters. The maximum Gasteiger partial charge on any atom is 0.319 e. The van der Waals surface area contributed by atoms with E-state index in [0.717, 1.165) is 6.42 Å². The highest BCUT2D eigenvalue weighted by atomic mass is 32.5. The van der Waals surface area contributed by atoms with Gasteiger partial charge in [-0.15, -0.1) is 0 Å². The van der Waals surface area contributed by atoms with E-state index in [1.165, 1.54) is 12.8 Å². The van der Waals surface area contributed by atoms with Crippen molar-refractivity contribution in [3.05, 3.63) is 0 Å². The number of rotatable bonds is 2. The van der Waals surface area contributed by atoms with Crippen molar-refractivity contribution < 1.29 is 29.4 Å². The number of hydrogen-bond donors (Lipinski definition) is 7. The van der Waals surface area contributed by atoms with Crippen LogP contribution in [0.2, 0.25) is 0 Å². The Labute approximate surface area is 125 Å². The molecule has 0 amide bonds. The van der Waals surface area contributed by atoms with Crippen molar-refractivity contribution in [2.75, 3.05) is 0 Å². The maximum absolute atomic E-state index is 7.56. The van der Waals surface area contributed by atoms with Crippen molar-refractivity contribution in [1.82, 2.24) is 0 Å². The molecule has 0 aliphatic carbocycles. The molecule has 0 rings (SSSR count). The molecule has 19 heavy (non-hydrogen) atoms. The Morgan fingerprint density at radius 2 is 0.947 bits per heavy atom. The van der Waals surface area contributed by atoms with Gasteiger partial charge in [-0.1, -0.05) is 33.6 Å². The van der Waals surface area contributed by atoms with Crippen molar-refractivity contribution in [2.45, 2.75) is 53.0 Å². The Hall–Kier alpha value is 1.02. The Kier molecular flexibility index (Phi) is 25.4. The Morgan fingerprint density at radius 3 is 0.947 bits per heavy atom. The summed E-state index contributed by atoms with van der Waals surface area (Å²) in [6, 6.07) is 0.384. The summed E-state index contributed by atoms with van der Waals surface area (Å²) in [4.78, 5) is 45.3. The molecule has 0 aromatic carbocycles. The van der Waals surface area contributed by atoms with Gasteiger partial charge in [0.1, 0.15) is 0 Å². The smallest absolute Gasteiger partial charge is 0.319 e. The van der Waals surface area contributed by atoms with Gasteiger partial charge in [-0.3, -0.25) is 0 Å². The fraction of sp³-hybridized carbons (Fsp3) is 1.00. The summed E-state index contributed by atoms with van der Waals surface area (Å²) in [5.41, 5.74) is 5.29. The second-order valence-corrected chi connectivity index (χ2v) is 8.40. The first-order valence-corrected chi connectivity index (χ1v) is 10.8. The first kappa shape index (κ1) is 28.2. The van der Waals surface area contributed by atoms with E-state index < -0.39 is 13.4 Å². The van der Waals surface area contributed by atoms with Gasteiger partial charge < -0.3 is 35.1 Å². The molecule has 0 aromatic rings. The molecule has 0 bridgehead atoms. The van der Waals surface area contributed by atoms with Crippen LogP contribution in [-0.4, -0.2) is 35.4 Å². The molecule has 1 atom stereocenters. The van der Waals surface area contributed by atoms with Crippen LogP contribution in [0.15, 0.2) is 0 Å². The third kappa shape index (κ3) is 341. The zero-order valence-corrected chi connectivity index (χ0v) is 15.1. The van der Waals surface area contributed by atoms with Crippen LogP contribution in [0.5, 0.6) is 0 Å². The molecule has 0 aliphatic rings. The van der Waals surface area contributed by atoms with E-state index in [1.54, 1.807) is 0 Å². The number of nitrogens with two attached hydrogens (primary N) is 1. The molecular formula is C8H27NO6P2S2. The summed E-state index contributed by atoms with van der Waals surface area (Å²) in [7, 11) is 0. The molecule has 122 valence electrons. The zero-order chi connectivity index (χ0) is 16.7. The lowest BCUT2D eigenvalue weighted by atomic mass is 10.3. The lowest BCUT2D eigenvalue weighted by molar-refractivity contribution is 0.361. The van der Waals surface area contributed by atoms with Crippen molar-refractivity contribution in [1.29, 1.82) is 0 Å². The predicted molar refractivity (Wildman–Crippen MR) is 86.4 cm³/mol. The van der Waals surface area contributed by atoms with E-state index in [-0.39, 0.29) is 0 Å². The molecule has 7 nitrogen and oxygen atoms in total. The van der Waals surface area contributed by atoms with Gasteiger partial charge in [0, 0.05) is 6.04 Å². The second kappa shape index (κ2) is 17.1. The van der Waals surface area contributed by atoms with E-state index in [4.69, 9.17) is 35.1 Å². The minimum Gasteiger partial charge on any atom is -0.328 e. The van der Waals surface area contributed by atoms with E-state index in [1.807, 2.05) is 6.92 Å². The second-order valence-electron chi connectivity index (χ2n) is 3.41. The van der Waals surface area contributed by atoms with Crippen LogP contribution in [0, 0.1) is 0 Å². The zero-order valence-electron chi connectivity index (χ0n) is 11.7. The molecule has 11 heteroatoms. The van der Waals surface area contributed by atoms with Crippen LogP contribution < -0.4 is 5.73 Å². The highest BCUT2D eigenvalue weighted by Crippen LogP contribution is 2.26. The van der Waals surface area contributed by atoms with Gasteiger partial charge in [0.05, 0.1) is 0 Å². The molecule has 8 N–H and O–H groups in total. The van der Waals surface area contributed by atoms with E-state index >= 15 is 0 Å². The summed E-state index contributed by atoms with van der Waals surface area (Å²) < 4.78 is 0. The summed E-state index contributed by atoms with van der Waals surface area (Å²) in [6.45, 7) is 0.824. The van der Waals surface area contributed by atoms with Gasteiger partial charge in [0.25, 0.3) is 0 Å². The molecular weight excluding hydrogens is 332 g/mol. The average Bonchev–Trinajstić information content (AvgIpc) is 2.13. The predicted octanol–water partition coefficient (Wildman–Crippen LogP) is 0.926. The normalized spacial score (nSPS) is 11.7. The fourth-order valence-electron chi connectivity index (χ4n) is 0. The van der Waals surface area contributed by atoms with Crippen LogP contribution in [0.4, 0.5) is 0 Å². The van der Waals surface area contributed by atoms with E-state index in [0.29, 0.717) is 6.04 Å². The summed E-state index contributed by atoms with van der Waals surface area (Å²) >= 11 is 7.21. The van der Waals surface area contributed by atoms with Crippen LogP contribution in [-0.2, 0) is 23.6 Å². The van der Waals surface area contributed by atoms with E-state index in [9.17, 15) is 0 Å². The first-order chi connectivity index (χ1) is 8.18. The van der Waals surface area contributed by atoms with Gasteiger partial charge >= 0.3 is 13.4 Å². The van der Waals surface area contributed by atoms with Crippen LogP contribution in [0.25, 0.3) is 0 Å². The quantitative estimate of drug-likeness (QED) is 0.358. The molecule has 0 spiro atoms. The fourth-order valence-corrected chi connectivity index (χ4v) is 0. The number of unbranched alkanes of at least 4 members (excludes halogenated alkanes) is 1. The van der Waals surface area contributed by atoms with Gasteiger partial charge in [-0.05, 0) is 37.0 Å². The van der Waals surface area contributed by atoms with Crippen molar-refractivity contribution >= 4 is 37.1 Å². The minimum absolute atomic E-state index is 0.384. The van der Waals surface area contributed by atoms with Gasteiger partial charge in [-0.2, -0.15) is 0 Å². The SMILES string of the molecule is CCC(C)N.CCCC.OP(O)(O)=S.OP(O)(O)=S. The highest BCUT2D eigenvalue weighted by Gasteiger charge is 1.92. The van der Waals surface area contributed by atoms with Crippen LogP contribution in [0.3, 0.4) is 0 Å². The summed E-state index contributed by atoms with van der Waals surface area (Å²) in [5, 5.41) is 0. The topological polar surface area (TPSA) is 147 Å². The maximum atomic E-state index is 7.56. The highest BCUT2D eigenvalue weighted by molar-refractivity contribution is 8.06. The van der Waals surface area contributed by atoms with Crippen LogP contribution >= 0.6 is 13.4 Å². The Bertz CT molecular complexity index is 217. The third-order valence-electron chi connectivity index (χ3n) is 1.14. The van der Waals surface area contributed by atoms with Crippen LogP contribution in [0.1, 0.15) is 47.0 Å². The molecule has 0 aromatic heterocycles. The van der Waals surface area contributed by atoms with Gasteiger partial charge in [0.2, 0.25) is 0 Å². The number of hydrogen-bond acceptors (Lipinski definition) is 3. The Balaban J connectivity index is -0.0000000793. The Morgan fingerprint density at radius 1 is 0.842 bits per heavy atom. The lowest BCUT2D eigenvalue weighted by Crippen LogP contribution is -2.11. The van der Waals surface area contributed by atoms with Crippen molar-refractivity contribution in [3.63, 3.8) is 0 Å². The first-order valence-electron chi connectivity index (χ1n) is 5.51. The van der Waals surface area contributed by atoms with Gasteiger partial charge in [0.15, 0.2) is 0 Å². The largest absolute Gasteiger partial charge is 0.328 e. The average molecular weight is 359 g/mol. The standard InChI is InChI=1S/C4H11N.C4H10.2H3O3PS/c1-3-4(2)5;1-3-4-2;2*1-4(2,3)5/h4H,3,5H2,1-2H3;3-4H2,1-2H3;2*(H3,1,2,3,5). The van der Waals surface area contributed by atoms with Crippen molar-refractivity contribution in [2.24, 2.45) is 5.73 Å². The van der Waals surface area contributed by atoms with Gasteiger partial charge in [-0.25, -0.2) is 0 Å². The monoisotopic (exact) mass is 359 g/mol. The summed E-state index contributed by atoms with van der Waals surface area (Å²) in [6.07, 6.45) is 3.72. The molecule has 0 radical (unpaired) electrons. The van der Waals surface area contributed by atoms with E-state index in [2.05, 4.69) is 44.4 Å². The molecule has 0 saturated heterocycles. The molecule has 0 aliphatic heterocycles. The third-order valence-corrected chi connectivity index (χ3v) is 1.14. The minimum atomic E-state index is -3.81. The van der Waals surface area contributed by atoms with Crippen molar-refractivity contribution in [3.8, 4) is 0 Å². The summed E-state index contributed by atoms with van der Waals surface area (Å²) in [5.74, 6) is 0. The molecule has 0 fully saturated rings.